The summed E-state index contributed by atoms with van der Waals surface area (Å²) < 4.78 is 5.66. The van der Waals surface area contributed by atoms with Gasteiger partial charge in [0.2, 0.25) is 5.91 Å². The predicted molar refractivity (Wildman–Crippen MR) is 81.5 cm³/mol. The number of ether oxygens (including phenoxy) is 1. The molecule has 0 aromatic heterocycles. The van der Waals surface area contributed by atoms with Crippen molar-refractivity contribution in [1.29, 1.82) is 0 Å². The quantitative estimate of drug-likeness (QED) is 0.767. The van der Waals surface area contributed by atoms with Crippen LogP contribution in [0.2, 0.25) is 0 Å². The average molecular weight is 278 g/mol. The summed E-state index contributed by atoms with van der Waals surface area (Å²) >= 11 is 0. The molecule has 0 aliphatic rings. The van der Waals surface area contributed by atoms with E-state index >= 15 is 0 Å². The maximum Gasteiger partial charge on any atom is 0.237 e. The third-order valence-electron chi connectivity index (χ3n) is 2.88. The molecule has 0 heterocycles. The largest absolute Gasteiger partial charge is 0.493 e. The standard InChI is InChI=1S/C16H26N2O2/c1-4-6-15(17)16(19)18-10-13-7-5-8-14(9-13)20-11-12(2)3/h5,7-9,12,15H,4,6,10-11,17H2,1-3H3,(H,18,19). The van der Waals surface area contributed by atoms with E-state index in [1.54, 1.807) is 0 Å². The Labute approximate surface area is 121 Å². The van der Waals surface area contributed by atoms with Gasteiger partial charge in [0.25, 0.3) is 0 Å². The minimum atomic E-state index is -0.416. The molecule has 3 N–H and O–H groups in total. The predicted octanol–water partition coefficient (Wildman–Crippen LogP) is 2.46. The molecule has 0 saturated heterocycles. The Bertz CT molecular complexity index is 419. The molecule has 20 heavy (non-hydrogen) atoms. The first-order chi connectivity index (χ1) is 9.52. The molecule has 0 aliphatic carbocycles. The molecule has 1 unspecified atom stereocenters. The number of benzene rings is 1. The minimum absolute atomic E-state index is 0.0969. The highest BCUT2D eigenvalue weighted by atomic mass is 16.5. The highest BCUT2D eigenvalue weighted by molar-refractivity contribution is 5.81. The number of amides is 1. The van der Waals surface area contributed by atoms with E-state index in [-0.39, 0.29) is 5.91 Å². The first-order valence-corrected chi connectivity index (χ1v) is 7.28. The van der Waals surface area contributed by atoms with Gasteiger partial charge in [-0.15, -0.1) is 0 Å². The SMILES string of the molecule is CCCC(N)C(=O)NCc1cccc(OCC(C)C)c1. The fraction of sp³-hybridized carbons (Fsp3) is 0.562. The second-order valence-corrected chi connectivity index (χ2v) is 5.47. The molecule has 1 aromatic carbocycles. The number of carbonyl (C=O) groups excluding carboxylic acids is 1. The van der Waals surface area contributed by atoms with Gasteiger partial charge < -0.3 is 15.8 Å². The molecular formula is C16H26N2O2. The van der Waals surface area contributed by atoms with E-state index in [0.717, 1.165) is 17.7 Å². The molecule has 0 spiro atoms. The van der Waals surface area contributed by atoms with E-state index in [1.165, 1.54) is 0 Å². The summed E-state index contributed by atoms with van der Waals surface area (Å²) in [5, 5.41) is 2.86. The number of nitrogens with one attached hydrogen (secondary N) is 1. The van der Waals surface area contributed by atoms with Crippen LogP contribution in [0.25, 0.3) is 0 Å². The number of hydrogen-bond acceptors (Lipinski definition) is 3. The molecule has 1 rings (SSSR count). The van der Waals surface area contributed by atoms with E-state index in [4.69, 9.17) is 10.5 Å². The molecule has 0 fully saturated rings. The van der Waals surface area contributed by atoms with Crippen molar-refractivity contribution < 1.29 is 9.53 Å². The van der Waals surface area contributed by atoms with Gasteiger partial charge in [0, 0.05) is 6.54 Å². The van der Waals surface area contributed by atoms with Gasteiger partial charge in [0.15, 0.2) is 0 Å². The summed E-state index contributed by atoms with van der Waals surface area (Å²) in [6.45, 7) is 7.41. The van der Waals surface area contributed by atoms with Gasteiger partial charge in [-0.3, -0.25) is 4.79 Å². The summed E-state index contributed by atoms with van der Waals surface area (Å²) in [6, 6.07) is 7.36. The van der Waals surface area contributed by atoms with Crippen LogP contribution >= 0.6 is 0 Å². The van der Waals surface area contributed by atoms with Crippen molar-refractivity contribution in [2.75, 3.05) is 6.61 Å². The summed E-state index contributed by atoms with van der Waals surface area (Å²) in [5.41, 5.74) is 6.78. The third kappa shape index (κ3) is 6.06. The monoisotopic (exact) mass is 278 g/mol. The van der Waals surface area contributed by atoms with Crippen molar-refractivity contribution in [3.63, 3.8) is 0 Å². The van der Waals surface area contributed by atoms with Crippen LogP contribution in [0.3, 0.4) is 0 Å². The van der Waals surface area contributed by atoms with Crippen molar-refractivity contribution >= 4 is 5.91 Å². The molecule has 0 bridgehead atoms. The lowest BCUT2D eigenvalue weighted by atomic mass is 10.1. The fourth-order valence-corrected chi connectivity index (χ4v) is 1.77. The second-order valence-electron chi connectivity index (χ2n) is 5.47. The first kappa shape index (κ1) is 16.5. The first-order valence-electron chi connectivity index (χ1n) is 7.28. The zero-order chi connectivity index (χ0) is 15.0. The van der Waals surface area contributed by atoms with Crippen LogP contribution in [-0.4, -0.2) is 18.6 Å². The molecular weight excluding hydrogens is 252 g/mol. The highest BCUT2D eigenvalue weighted by Crippen LogP contribution is 2.14. The van der Waals surface area contributed by atoms with Crippen LogP contribution in [-0.2, 0) is 11.3 Å². The van der Waals surface area contributed by atoms with E-state index in [0.29, 0.717) is 25.5 Å². The molecule has 0 saturated carbocycles. The van der Waals surface area contributed by atoms with Gasteiger partial charge in [0.1, 0.15) is 5.75 Å². The summed E-state index contributed by atoms with van der Waals surface area (Å²) in [6.07, 6.45) is 1.62. The Morgan fingerprint density at radius 2 is 2.15 bits per heavy atom. The Morgan fingerprint density at radius 3 is 2.80 bits per heavy atom. The van der Waals surface area contributed by atoms with Crippen LogP contribution < -0.4 is 15.8 Å². The van der Waals surface area contributed by atoms with E-state index in [1.807, 2.05) is 31.2 Å². The Balaban J connectivity index is 2.47. The van der Waals surface area contributed by atoms with Crippen LogP contribution in [0.1, 0.15) is 39.2 Å². The summed E-state index contributed by atoms with van der Waals surface area (Å²) in [4.78, 5) is 11.7. The summed E-state index contributed by atoms with van der Waals surface area (Å²) in [7, 11) is 0. The molecule has 0 radical (unpaired) electrons. The van der Waals surface area contributed by atoms with Gasteiger partial charge >= 0.3 is 0 Å². The highest BCUT2D eigenvalue weighted by Gasteiger charge is 2.11. The van der Waals surface area contributed by atoms with Crippen molar-refractivity contribution in [1.82, 2.24) is 5.32 Å². The second kappa shape index (κ2) is 8.59. The maximum absolute atomic E-state index is 11.7. The number of nitrogens with two attached hydrogens (primary N) is 1. The zero-order valence-electron chi connectivity index (χ0n) is 12.7. The maximum atomic E-state index is 11.7. The Morgan fingerprint density at radius 1 is 1.40 bits per heavy atom. The summed E-state index contributed by atoms with van der Waals surface area (Å²) in [5.74, 6) is 1.23. The van der Waals surface area contributed by atoms with Gasteiger partial charge in [-0.25, -0.2) is 0 Å². The van der Waals surface area contributed by atoms with E-state index in [2.05, 4.69) is 19.2 Å². The van der Waals surface area contributed by atoms with E-state index < -0.39 is 6.04 Å². The number of carbonyl (C=O) groups is 1. The minimum Gasteiger partial charge on any atom is -0.493 e. The molecule has 4 nitrogen and oxygen atoms in total. The third-order valence-corrected chi connectivity index (χ3v) is 2.88. The lowest BCUT2D eigenvalue weighted by Crippen LogP contribution is -2.40. The van der Waals surface area contributed by atoms with Gasteiger partial charge in [-0.2, -0.15) is 0 Å². The number of hydrogen-bond donors (Lipinski definition) is 2. The van der Waals surface area contributed by atoms with Crippen molar-refractivity contribution in [2.45, 2.75) is 46.2 Å². The molecule has 1 aromatic rings. The van der Waals surface area contributed by atoms with Crippen molar-refractivity contribution in [3.8, 4) is 5.75 Å². The van der Waals surface area contributed by atoms with Gasteiger partial charge in [-0.1, -0.05) is 39.3 Å². The van der Waals surface area contributed by atoms with Gasteiger partial charge in [0.05, 0.1) is 12.6 Å². The van der Waals surface area contributed by atoms with Crippen LogP contribution in [0, 0.1) is 5.92 Å². The lowest BCUT2D eigenvalue weighted by Gasteiger charge is -2.12. The van der Waals surface area contributed by atoms with Gasteiger partial charge in [-0.05, 0) is 30.0 Å². The molecule has 1 atom stereocenters. The van der Waals surface area contributed by atoms with E-state index in [9.17, 15) is 4.79 Å². The molecule has 112 valence electrons. The Hall–Kier alpha value is -1.55. The number of rotatable bonds is 8. The van der Waals surface area contributed by atoms with Crippen LogP contribution in [0.15, 0.2) is 24.3 Å². The zero-order valence-corrected chi connectivity index (χ0v) is 12.7. The van der Waals surface area contributed by atoms with Crippen molar-refractivity contribution in [3.05, 3.63) is 29.8 Å². The van der Waals surface area contributed by atoms with Crippen LogP contribution in [0.4, 0.5) is 0 Å². The molecule has 0 aliphatic heterocycles. The van der Waals surface area contributed by atoms with Crippen molar-refractivity contribution in [2.24, 2.45) is 11.7 Å². The molecule has 1 amide bonds. The topological polar surface area (TPSA) is 64.4 Å². The smallest absolute Gasteiger partial charge is 0.237 e. The molecule has 4 heteroatoms. The Kier molecular flexibility index (Phi) is 7.09. The fourth-order valence-electron chi connectivity index (χ4n) is 1.77. The normalized spacial score (nSPS) is 12.2. The lowest BCUT2D eigenvalue weighted by molar-refractivity contribution is -0.122. The van der Waals surface area contributed by atoms with Crippen LogP contribution in [0.5, 0.6) is 5.75 Å². The average Bonchev–Trinajstić information content (AvgIpc) is 2.43.